The van der Waals surface area contributed by atoms with Crippen LogP contribution in [0.25, 0.3) is 0 Å². The largest absolute Gasteiger partial charge is 0.457 e. The summed E-state index contributed by atoms with van der Waals surface area (Å²) < 4.78 is 6.09. The molecule has 0 amide bonds. The zero-order chi connectivity index (χ0) is 14.1. The topological polar surface area (TPSA) is 24.5 Å². The molecular formula is C18H20N2O. The Morgan fingerprint density at radius 2 is 1.52 bits per heavy atom. The molecule has 0 radical (unpaired) electrons. The third-order valence-corrected chi connectivity index (χ3v) is 4.39. The van der Waals surface area contributed by atoms with E-state index < -0.39 is 0 Å². The van der Waals surface area contributed by atoms with Crippen LogP contribution in [0.3, 0.4) is 0 Å². The van der Waals surface area contributed by atoms with Gasteiger partial charge in [-0.1, -0.05) is 36.4 Å². The van der Waals surface area contributed by atoms with Gasteiger partial charge in [-0.05, 0) is 25.1 Å². The van der Waals surface area contributed by atoms with Crippen LogP contribution in [-0.4, -0.2) is 31.1 Å². The molecule has 4 rings (SSSR count). The van der Waals surface area contributed by atoms with E-state index in [0.29, 0.717) is 6.04 Å². The molecule has 0 bridgehead atoms. The van der Waals surface area contributed by atoms with E-state index >= 15 is 0 Å². The van der Waals surface area contributed by atoms with Gasteiger partial charge in [-0.15, -0.1) is 0 Å². The van der Waals surface area contributed by atoms with E-state index in [1.54, 1.807) is 0 Å². The van der Waals surface area contributed by atoms with E-state index in [1.807, 2.05) is 12.1 Å². The van der Waals surface area contributed by atoms with Crippen molar-refractivity contribution >= 4 is 0 Å². The molecule has 1 fully saturated rings. The highest BCUT2D eigenvalue weighted by Gasteiger charge is 2.31. The van der Waals surface area contributed by atoms with Crippen LogP contribution in [0.2, 0.25) is 0 Å². The summed E-state index contributed by atoms with van der Waals surface area (Å²) in [6.45, 7) is 4.37. The minimum absolute atomic E-state index is 0.311. The van der Waals surface area contributed by atoms with Gasteiger partial charge in [0, 0.05) is 30.8 Å². The molecule has 2 aromatic carbocycles. The number of nitrogens with one attached hydrogen (secondary N) is 1. The molecule has 2 heterocycles. The van der Waals surface area contributed by atoms with Crippen LogP contribution in [0.1, 0.15) is 23.6 Å². The third-order valence-electron chi connectivity index (χ3n) is 4.39. The van der Waals surface area contributed by atoms with E-state index in [2.05, 4.69) is 46.6 Å². The predicted molar refractivity (Wildman–Crippen MR) is 83.9 cm³/mol. The monoisotopic (exact) mass is 280 g/mol. The summed E-state index contributed by atoms with van der Waals surface area (Å²) in [4.78, 5) is 2.58. The van der Waals surface area contributed by atoms with Crippen LogP contribution in [0, 0.1) is 0 Å². The van der Waals surface area contributed by atoms with Gasteiger partial charge in [-0.2, -0.15) is 0 Å². The van der Waals surface area contributed by atoms with Crippen LogP contribution in [0.4, 0.5) is 0 Å². The Kier molecular flexibility index (Phi) is 3.37. The maximum atomic E-state index is 6.09. The Morgan fingerprint density at radius 3 is 2.24 bits per heavy atom. The summed E-state index contributed by atoms with van der Waals surface area (Å²) >= 11 is 0. The first kappa shape index (κ1) is 12.9. The molecule has 0 spiro atoms. The molecule has 21 heavy (non-hydrogen) atoms. The molecule has 1 N–H and O–H groups in total. The number of benzene rings is 2. The van der Waals surface area contributed by atoms with Gasteiger partial charge < -0.3 is 10.1 Å². The van der Waals surface area contributed by atoms with Gasteiger partial charge in [0.1, 0.15) is 11.5 Å². The summed E-state index contributed by atoms with van der Waals surface area (Å²) in [5.41, 5.74) is 2.58. The Hall–Kier alpha value is -1.84. The highest BCUT2D eigenvalue weighted by atomic mass is 16.5. The van der Waals surface area contributed by atoms with Crippen LogP contribution in [-0.2, 0) is 0 Å². The van der Waals surface area contributed by atoms with Crippen molar-refractivity contribution in [3.8, 4) is 11.5 Å². The first-order chi connectivity index (χ1) is 10.4. The molecule has 0 atom stereocenters. The van der Waals surface area contributed by atoms with E-state index in [-0.39, 0.29) is 0 Å². The van der Waals surface area contributed by atoms with Gasteiger partial charge in [0.2, 0.25) is 0 Å². The Bertz CT molecular complexity index is 587. The standard InChI is InChI=1S/C18H20N2O/c1-3-8-16-14(6-1)18(20-12-5-10-19-11-13-20)15-7-2-4-9-17(15)21-16/h1-4,6-9,18-19H,5,10-13H2. The molecule has 108 valence electrons. The average molecular weight is 280 g/mol. The van der Waals surface area contributed by atoms with E-state index in [9.17, 15) is 0 Å². The van der Waals surface area contributed by atoms with Gasteiger partial charge in [0.05, 0.1) is 6.04 Å². The maximum Gasteiger partial charge on any atom is 0.132 e. The normalized spacial score (nSPS) is 19.2. The Balaban J connectivity index is 1.80. The lowest BCUT2D eigenvalue weighted by atomic mass is 9.93. The fraction of sp³-hybridized carbons (Fsp3) is 0.333. The van der Waals surface area contributed by atoms with Crippen molar-refractivity contribution < 1.29 is 4.74 Å². The second-order valence-corrected chi connectivity index (χ2v) is 5.72. The molecule has 0 aromatic heterocycles. The highest BCUT2D eigenvalue weighted by molar-refractivity contribution is 5.52. The lowest BCUT2D eigenvalue weighted by molar-refractivity contribution is 0.226. The van der Waals surface area contributed by atoms with Crippen molar-refractivity contribution in [2.24, 2.45) is 0 Å². The fourth-order valence-corrected chi connectivity index (χ4v) is 3.40. The molecule has 0 unspecified atom stereocenters. The second kappa shape index (κ2) is 5.51. The summed E-state index contributed by atoms with van der Waals surface area (Å²) in [7, 11) is 0. The van der Waals surface area contributed by atoms with Crippen LogP contribution >= 0.6 is 0 Å². The van der Waals surface area contributed by atoms with Gasteiger partial charge in [-0.3, -0.25) is 4.90 Å². The predicted octanol–water partition coefficient (Wildman–Crippen LogP) is 3.18. The first-order valence-electron chi connectivity index (χ1n) is 7.74. The number of hydrogen-bond donors (Lipinski definition) is 1. The summed E-state index contributed by atoms with van der Waals surface area (Å²) in [6, 6.07) is 17.2. The van der Waals surface area contributed by atoms with Crippen molar-refractivity contribution in [2.45, 2.75) is 12.5 Å². The zero-order valence-electron chi connectivity index (χ0n) is 12.1. The second-order valence-electron chi connectivity index (χ2n) is 5.72. The number of rotatable bonds is 1. The SMILES string of the molecule is c1ccc2c(c1)Oc1ccccc1C2N1CCCNCC1. The van der Waals surface area contributed by atoms with Gasteiger partial charge in [0.15, 0.2) is 0 Å². The molecular weight excluding hydrogens is 260 g/mol. The minimum Gasteiger partial charge on any atom is -0.457 e. The molecule has 3 nitrogen and oxygen atoms in total. The van der Waals surface area contributed by atoms with Gasteiger partial charge in [0.25, 0.3) is 0 Å². The quantitative estimate of drug-likeness (QED) is 0.868. The Morgan fingerprint density at radius 1 is 0.857 bits per heavy atom. The maximum absolute atomic E-state index is 6.09. The zero-order valence-corrected chi connectivity index (χ0v) is 12.1. The van der Waals surface area contributed by atoms with Crippen LogP contribution in [0.5, 0.6) is 11.5 Å². The third kappa shape index (κ3) is 2.33. The molecule has 2 aliphatic rings. The van der Waals surface area contributed by atoms with E-state index in [1.165, 1.54) is 17.5 Å². The number of nitrogens with zero attached hydrogens (tertiary/aromatic N) is 1. The van der Waals surface area contributed by atoms with Crippen LogP contribution in [0.15, 0.2) is 48.5 Å². The van der Waals surface area contributed by atoms with Crippen molar-refractivity contribution in [1.82, 2.24) is 10.2 Å². The number of fused-ring (bicyclic) bond motifs is 2. The molecule has 3 heteroatoms. The number of hydrogen-bond acceptors (Lipinski definition) is 3. The van der Waals surface area contributed by atoms with Crippen molar-refractivity contribution in [3.05, 3.63) is 59.7 Å². The Labute approximate surface area is 125 Å². The summed E-state index contributed by atoms with van der Waals surface area (Å²) in [5.74, 6) is 2.00. The van der Waals surface area contributed by atoms with Gasteiger partial charge in [-0.25, -0.2) is 0 Å². The van der Waals surface area contributed by atoms with Gasteiger partial charge >= 0.3 is 0 Å². The van der Waals surface area contributed by atoms with Crippen LogP contribution < -0.4 is 10.1 Å². The average Bonchev–Trinajstić information content (AvgIpc) is 2.81. The smallest absolute Gasteiger partial charge is 0.132 e. The van der Waals surface area contributed by atoms with Crippen molar-refractivity contribution in [2.75, 3.05) is 26.2 Å². The number of para-hydroxylation sites is 2. The lowest BCUT2D eigenvalue weighted by Gasteiger charge is -2.36. The van der Waals surface area contributed by atoms with Crippen molar-refractivity contribution in [3.63, 3.8) is 0 Å². The molecule has 1 saturated heterocycles. The van der Waals surface area contributed by atoms with Crippen molar-refractivity contribution in [1.29, 1.82) is 0 Å². The number of ether oxygens (including phenoxy) is 1. The molecule has 2 aliphatic heterocycles. The highest BCUT2D eigenvalue weighted by Crippen LogP contribution is 2.45. The first-order valence-corrected chi connectivity index (χ1v) is 7.74. The van der Waals surface area contributed by atoms with E-state index in [0.717, 1.165) is 37.7 Å². The summed E-state index contributed by atoms with van der Waals surface area (Å²) in [6.07, 6.45) is 1.20. The summed E-state index contributed by atoms with van der Waals surface area (Å²) in [5, 5.41) is 3.49. The van der Waals surface area contributed by atoms with E-state index in [4.69, 9.17) is 4.74 Å². The lowest BCUT2D eigenvalue weighted by Crippen LogP contribution is -2.34. The molecule has 0 saturated carbocycles. The molecule has 0 aliphatic carbocycles. The fourth-order valence-electron chi connectivity index (χ4n) is 3.40. The minimum atomic E-state index is 0.311. The molecule has 2 aromatic rings.